The average molecular weight is 540 g/mol. The van der Waals surface area contributed by atoms with Crippen LogP contribution in [0.1, 0.15) is 18.0 Å². The van der Waals surface area contributed by atoms with Gasteiger partial charge in [-0.1, -0.05) is 41.0 Å². The number of hydrogen-bond acceptors (Lipinski definition) is 5. The number of hydrogen-bond donors (Lipinski definition) is 1. The molecule has 35 heavy (non-hydrogen) atoms. The van der Waals surface area contributed by atoms with E-state index in [-0.39, 0.29) is 28.1 Å². The number of carbonyl (C=O) groups is 1. The third-order valence-corrected chi connectivity index (χ3v) is 7.07. The van der Waals surface area contributed by atoms with E-state index in [0.717, 1.165) is 18.2 Å². The Bertz CT molecular complexity index is 1540. The van der Waals surface area contributed by atoms with Crippen LogP contribution < -0.4 is 10.9 Å². The summed E-state index contributed by atoms with van der Waals surface area (Å²) in [6.07, 6.45) is -3.32. The zero-order chi connectivity index (χ0) is 24.9. The molecule has 3 heterocycles. The van der Waals surface area contributed by atoms with Crippen LogP contribution >= 0.6 is 35.0 Å². The summed E-state index contributed by atoms with van der Waals surface area (Å²) in [4.78, 5) is 30.5. The molecule has 0 bridgehead atoms. The maximum Gasteiger partial charge on any atom is 0.416 e. The number of amides is 1. The molecule has 7 nitrogen and oxygen atoms in total. The van der Waals surface area contributed by atoms with Crippen LogP contribution in [0.3, 0.4) is 0 Å². The smallest absolute Gasteiger partial charge is 0.325 e. The van der Waals surface area contributed by atoms with Gasteiger partial charge < -0.3 is 5.32 Å². The standard InChI is InChI=1S/C22H14Cl2F3N5O2S/c23-12-2-1-3-13(7-12)32-19-15(9-28-32)20(34)31-14(10-35-21(31)30-19)8-18(33)29-17-6-11(22(25,26)27)4-5-16(17)24/h1-7,9,14H,8,10H2,(H,29,33). The molecule has 0 aliphatic carbocycles. The van der Waals surface area contributed by atoms with E-state index in [2.05, 4.69) is 15.4 Å². The number of aromatic nitrogens is 4. The molecule has 4 aromatic rings. The van der Waals surface area contributed by atoms with Gasteiger partial charge in [0.15, 0.2) is 10.8 Å². The maximum atomic E-state index is 13.2. The molecule has 1 amide bonds. The van der Waals surface area contributed by atoms with Gasteiger partial charge in [0.05, 0.1) is 34.2 Å². The van der Waals surface area contributed by atoms with E-state index >= 15 is 0 Å². The maximum absolute atomic E-state index is 13.2. The Labute approximate surface area is 209 Å². The number of nitrogens with one attached hydrogen (secondary N) is 1. The number of nitrogens with zero attached hydrogens (tertiary/aromatic N) is 4. The highest BCUT2D eigenvalue weighted by atomic mass is 35.5. The van der Waals surface area contributed by atoms with Crippen molar-refractivity contribution in [3.8, 4) is 5.69 Å². The Morgan fingerprint density at radius 1 is 1.20 bits per heavy atom. The van der Waals surface area contributed by atoms with Gasteiger partial charge in [-0.2, -0.15) is 18.3 Å². The van der Waals surface area contributed by atoms with E-state index in [1.807, 2.05) is 0 Å². The van der Waals surface area contributed by atoms with Crippen LogP contribution in [0.15, 0.2) is 58.6 Å². The molecule has 2 aromatic carbocycles. The highest BCUT2D eigenvalue weighted by Gasteiger charge is 2.32. The molecule has 13 heteroatoms. The summed E-state index contributed by atoms with van der Waals surface area (Å²) in [5.41, 5.74) is -0.448. The number of alkyl halides is 3. The van der Waals surface area contributed by atoms with Gasteiger partial charge in [0, 0.05) is 17.2 Å². The summed E-state index contributed by atoms with van der Waals surface area (Å²) < 4.78 is 42.0. The summed E-state index contributed by atoms with van der Waals surface area (Å²) in [7, 11) is 0. The molecule has 1 aliphatic rings. The molecule has 180 valence electrons. The van der Waals surface area contributed by atoms with Gasteiger partial charge in [-0.05, 0) is 36.4 Å². The second-order valence-corrected chi connectivity index (χ2v) is 9.58. The lowest BCUT2D eigenvalue weighted by Crippen LogP contribution is -2.27. The van der Waals surface area contributed by atoms with Gasteiger partial charge in [-0.25, -0.2) is 9.67 Å². The molecular formula is C22H14Cl2F3N5O2S. The monoisotopic (exact) mass is 539 g/mol. The minimum atomic E-state index is -4.58. The summed E-state index contributed by atoms with van der Waals surface area (Å²) in [6.45, 7) is 0. The van der Waals surface area contributed by atoms with Crippen LogP contribution in [0.25, 0.3) is 16.7 Å². The minimum Gasteiger partial charge on any atom is -0.325 e. The fourth-order valence-electron chi connectivity index (χ4n) is 3.79. The van der Waals surface area contributed by atoms with Gasteiger partial charge in [0.25, 0.3) is 5.56 Å². The molecule has 1 atom stereocenters. The molecule has 5 rings (SSSR count). The number of benzene rings is 2. The number of anilines is 1. The molecule has 0 saturated carbocycles. The van der Waals surface area contributed by atoms with Gasteiger partial charge in [-0.15, -0.1) is 0 Å². The first kappa shape index (κ1) is 23.7. The van der Waals surface area contributed by atoms with Crippen LogP contribution in [0, 0.1) is 0 Å². The van der Waals surface area contributed by atoms with E-state index in [0.29, 0.717) is 27.3 Å². The number of halogens is 5. The summed E-state index contributed by atoms with van der Waals surface area (Å²) in [5, 5.41) is 7.86. The molecule has 0 spiro atoms. The van der Waals surface area contributed by atoms with Gasteiger partial charge in [-0.3, -0.25) is 14.2 Å². The molecule has 0 fully saturated rings. The molecule has 0 radical (unpaired) electrons. The Hall–Kier alpha value is -3.02. The number of rotatable bonds is 4. The van der Waals surface area contributed by atoms with Gasteiger partial charge >= 0.3 is 6.18 Å². The first-order valence-corrected chi connectivity index (χ1v) is 11.9. The highest BCUT2D eigenvalue weighted by Crippen LogP contribution is 2.36. The molecule has 2 aromatic heterocycles. The van der Waals surface area contributed by atoms with Gasteiger partial charge in [0.1, 0.15) is 5.39 Å². The van der Waals surface area contributed by atoms with E-state index in [1.54, 1.807) is 24.3 Å². The molecule has 1 aliphatic heterocycles. The quantitative estimate of drug-likeness (QED) is 0.342. The predicted octanol–water partition coefficient (Wildman–Crippen LogP) is 5.58. The van der Waals surface area contributed by atoms with E-state index in [9.17, 15) is 22.8 Å². The third kappa shape index (κ3) is 4.51. The van der Waals surface area contributed by atoms with E-state index < -0.39 is 23.7 Å². The lowest BCUT2D eigenvalue weighted by Gasteiger charge is -2.15. The average Bonchev–Trinajstić information content (AvgIpc) is 3.39. The third-order valence-electron chi connectivity index (χ3n) is 5.41. The van der Waals surface area contributed by atoms with Crippen molar-refractivity contribution in [1.82, 2.24) is 19.3 Å². The molecule has 1 unspecified atom stereocenters. The summed E-state index contributed by atoms with van der Waals surface area (Å²) in [6, 6.07) is 9.09. The SMILES string of the molecule is O=C(CC1CSc2nc3c(cnn3-c3cccc(Cl)c3)c(=O)n21)Nc1cc(C(F)(F)F)ccc1Cl. The van der Waals surface area contributed by atoms with Crippen LogP contribution in [0.2, 0.25) is 10.0 Å². The Kier molecular flexibility index (Phi) is 6.02. The van der Waals surface area contributed by atoms with Crippen LogP contribution in [0.4, 0.5) is 18.9 Å². The number of fused-ring (bicyclic) bond motifs is 2. The van der Waals surface area contributed by atoms with Crippen molar-refractivity contribution in [2.24, 2.45) is 0 Å². The largest absolute Gasteiger partial charge is 0.416 e. The molecular weight excluding hydrogens is 526 g/mol. The predicted molar refractivity (Wildman–Crippen MR) is 128 cm³/mol. The Morgan fingerprint density at radius 3 is 2.74 bits per heavy atom. The van der Waals surface area contributed by atoms with Crippen LogP contribution in [-0.4, -0.2) is 31.0 Å². The number of thioether (sulfide) groups is 1. The second kappa shape index (κ2) is 8.89. The van der Waals surface area contributed by atoms with E-state index in [1.165, 1.54) is 27.2 Å². The molecule has 1 N–H and O–H groups in total. The lowest BCUT2D eigenvalue weighted by atomic mass is 10.1. The zero-order valence-electron chi connectivity index (χ0n) is 17.5. The lowest BCUT2D eigenvalue weighted by molar-refractivity contribution is -0.137. The highest BCUT2D eigenvalue weighted by molar-refractivity contribution is 7.99. The number of carbonyl (C=O) groups excluding carboxylic acids is 1. The van der Waals surface area contributed by atoms with Crippen molar-refractivity contribution in [1.29, 1.82) is 0 Å². The van der Waals surface area contributed by atoms with Crippen LogP contribution in [-0.2, 0) is 11.0 Å². The van der Waals surface area contributed by atoms with Crippen molar-refractivity contribution in [2.75, 3.05) is 11.1 Å². The minimum absolute atomic E-state index is 0.0264. The fourth-order valence-corrected chi connectivity index (χ4v) is 5.27. The van der Waals surface area contributed by atoms with Crippen molar-refractivity contribution < 1.29 is 18.0 Å². The zero-order valence-corrected chi connectivity index (χ0v) is 19.8. The Morgan fingerprint density at radius 2 is 2.00 bits per heavy atom. The van der Waals surface area contributed by atoms with Gasteiger partial charge in [0.2, 0.25) is 5.91 Å². The Balaban J connectivity index is 1.42. The second-order valence-electron chi connectivity index (χ2n) is 7.75. The first-order chi connectivity index (χ1) is 16.6. The van der Waals surface area contributed by atoms with Crippen molar-refractivity contribution in [3.63, 3.8) is 0 Å². The normalized spacial score (nSPS) is 15.4. The summed E-state index contributed by atoms with van der Waals surface area (Å²) >= 11 is 13.3. The summed E-state index contributed by atoms with van der Waals surface area (Å²) in [5.74, 6) is -0.185. The van der Waals surface area contributed by atoms with Crippen molar-refractivity contribution in [2.45, 2.75) is 23.8 Å². The fraction of sp³-hybridized carbons (Fsp3) is 0.182. The molecule has 0 saturated heterocycles. The first-order valence-electron chi connectivity index (χ1n) is 10.2. The van der Waals surface area contributed by atoms with Crippen LogP contribution in [0.5, 0.6) is 0 Å². The van der Waals surface area contributed by atoms with Crippen molar-refractivity contribution >= 4 is 57.6 Å². The van der Waals surface area contributed by atoms with E-state index in [4.69, 9.17) is 23.2 Å². The topological polar surface area (TPSA) is 81.8 Å². The van der Waals surface area contributed by atoms with Crippen molar-refractivity contribution in [3.05, 3.63) is 74.6 Å².